The number of rotatable bonds is 7. The van der Waals surface area contributed by atoms with Gasteiger partial charge >= 0.3 is 5.97 Å². The Kier molecular flexibility index (Phi) is 5.85. The number of nitrogens with zero attached hydrogens (tertiary/aromatic N) is 1. The second kappa shape index (κ2) is 7.68. The fraction of sp³-hybridized carbons (Fsp3) is 0.231. The van der Waals surface area contributed by atoms with Crippen LogP contribution in [0.3, 0.4) is 0 Å². The van der Waals surface area contributed by atoms with Gasteiger partial charge in [0.1, 0.15) is 18.1 Å². The van der Waals surface area contributed by atoms with E-state index < -0.39 is 5.97 Å². The lowest BCUT2D eigenvalue weighted by Crippen LogP contribution is -2.12. The van der Waals surface area contributed by atoms with Crippen LogP contribution in [0.5, 0.6) is 5.75 Å². The molecule has 1 aromatic carbocycles. The lowest BCUT2D eigenvalue weighted by molar-refractivity contribution is -0.144. The molecule has 100 valence electrons. The van der Waals surface area contributed by atoms with Crippen molar-refractivity contribution in [2.75, 3.05) is 20.3 Å². The van der Waals surface area contributed by atoms with Crippen molar-refractivity contribution in [2.45, 2.75) is 0 Å². The van der Waals surface area contributed by atoms with Gasteiger partial charge in [-0.05, 0) is 24.3 Å². The first-order valence-electron chi connectivity index (χ1n) is 5.34. The Morgan fingerprint density at radius 3 is 2.58 bits per heavy atom. The number of carbonyl (C=O) groups is 1. The molecule has 0 saturated heterocycles. The zero-order valence-corrected chi connectivity index (χ0v) is 10.4. The van der Waals surface area contributed by atoms with Gasteiger partial charge in [-0.15, -0.1) is 0 Å². The van der Waals surface area contributed by atoms with Gasteiger partial charge in [0.2, 0.25) is 6.08 Å². The Morgan fingerprint density at radius 2 is 2.00 bits per heavy atom. The Morgan fingerprint density at radius 1 is 1.32 bits per heavy atom. The Balaban J connectivity index is 2.37. The van der Waals surface area contributed by atoms with Crippen molar-refractivity contribution in [1.82, 2.24) is 0 Å². The fourth-order valence-electron chi connectivity index (χ4n) is 1.10. The summed E-state index contributed by atoms with van der Waals surface area (Å²) < 4.78 is 14.8. The number of benzene rings is 1. The molecule has 6 nitrogen and oxygen atoms in total. The van der Waals surface area contributed by atoms with Crippen LogP contribution in [0, 0.1) is 0 Å². The summed E-state index contributed by atoms with van der Waals surface area (Å²) in [5.41, 5.74) is 0.489. The Hall–Kier alpha value is -2.59. The largest absolute Gasteiger partial charge is 0.486 e. The molecule has 0 saturated carbocycles. The summed E-state index contributed by atoms with van der Waals surface area (Å²) in [4.78, 5) is 24.3. The maximum atomic E-state index is 10.8. The molecule has 0 bridgehead atoms. The molecule has 6 heteroatoms. The second-order valence-corrected chi connectivity index (χ2v) is 3.39. The van der Waals surface area contributed by atoms with E-state index in [4.69, 9.17) is 9.47 Å². The predicted molar refractivity (Wildman–Crippen MR) is 66.8 cm³/mol. The third-order valence-electron chi connectivity index (χ3n) is 2.03. The summed E-state index contributed by atoms with van der Waals surface area (Å²) in [6.45, 7) is 3.50. The summed E-state index contributed by atoms with van der Waals surface area (Å²) in [6.07, 6.45) is 1.44. The summed E-state index contributed by atoms with van der Waals surface area (Å²) in [6, 6.07) is 6.50. The zero-order chi connectivity index (χ0) is 14.1. The van der Waals surface area contributed by atoms with Gasteiger partial charge in [-0.1, -0.05) is 6.58 Å². The maximum Gasteiger partial charge on any atom is 0.343 e. The highest BCUT2D eigenvalue weighted by atomic mass is 16.6. The van der Waals surface area contributed by atoms with Crippen LogP contribution in [0.15, 0.2) is 41.6 Å². The van der Waals surface area contributed by atoms with Crippen LogP contribution in [0.4, 0.5) is 5.69 Å². The molecule has 0 aromatic heterocycles. The highest BCUT2D eigenvalue weighted by Gasteiger charge is 2.03. The van der Waals surface area contributed by atoms with Gasteiger partial charge < -0.3 is 14.2 Å². The van der Waals surface area contributed by atoms with Gasteiger partial charge in [-0.3, -0.25) is 0 Å². The lowest BCUT2D eigenvalue weighted by Gasteiger charge is -2.09. The van der Waals surface area contributed by atoms with Crippen LogP contribution in [0.2, 0.25) is 0 Å². The number of methoxy groups -OCH3 is 1. The van der Waals surface area contributed by atoms with Gasteiger partial charge in [-0.25, -0.2) is 9.59 Å². The highest BCUT2D eigenvalue weighted by Crippen LogP contribution is 2.17. The minimum absolute atomic E-state index is 0.104. The average molecular weight is 263 g/mol. The Labute approximate surface area is 110 Å². The van der Waals surface area contributed by atoms with E-state index in [1.165, 1.54) is 13.2 Å². The van der Waals surface area contributed by atoms with E-state index in [-0.39, 0.29) is 13.2 Å². The van der Waals surface area contributed by atoms with Crippen molar-refractivity contribution in [3.8, 4) is 5.75 Å². The first-order valence-corrected chi connectivity index (χ1v) is 5.34. The number of esters is 1. The summed E-state index contributed by atoms with van der Waals surface area (Å²) in [5.74, 6) is 0.380. The smallest absolute Gasteiger partial charge is 0.343 e. The average Bonchev–Trinajstić information content (AvgIpc) is 2.44. The van der Waals surface area contributed by atoms with Crippen molar-refractivity contribution in [3.05, 3.63) is 36.6 Å². The molecular formula is C13H13NO5. The molecule has 0 aliphatic heterocycles. The van der Waals surface area contributed by atoms with E-state index in [0.717, 1.165) is 0 Å². The second-order valence-electron chi connectivity index (χ2n) is 3.39. The molecular weight excluding hydrogens is 250 g/mol. The number of aliphatic imine (C=N–C) groups is 1. The highest BCUT2D eigenvalue weighted by molar-refractivity contribution is 5.70. The first kappa shape index (κ1) is 14.5. The number of isocyanates is 1. The van der Waals surface area contributed by atoms with E-state index in [1.54, 1.807) is 24.3 Å². The molecule has 0 spiro atoms. The summed E-state index contributed by atoms with van der Waals surface area (Å²) in [5, 5.41) is 0. The number of hydrogen-bond acceptors (Lipinski definition) is 6. The van der Waals surface area contributed by atoms with Gasteiger partial charge in [0.05, 0.1) is 12.8 Å². The number of hydrogen-bond donors (Lipinski definition) is 0. The molecule has 0 aliphatic rings. The van der Waals surface area contributed by atoms with E-state index in [0.29, 0.717) is 17.2 Å². The third kappa shape index (κ3) is 5.52. The standard InChI is InChI=1S/C13H13NO5/c1-10(18-8-13(16)17-2)7-19-12-5-3-11(4-6-12)14-9-15/h3-6H,1,7-8H2,2H3. The topological polar surface area (TPSA) is 74.2 Å². The Bertz CT molecular complexity index is 488. The molecule has 0 heterocycles. The minimum atomic E-state index is -0.489. The molecule has 1 aromatic rings. The van der Waals surface area contributed by atoms with Gasteiger partial charge in [0.25, 0.3) is 0 Å². The molecule has 0 radical (unpaired) electrons. The molecule has 0 aliphatic carbocycles. The molecule has 1 rings (SSSR count). The molecule has 0 fully saturated rings. The van der Waals surface area contributed by atoms with Crippen molar-refractivity contribution < 1.29 is 23.8 Å². The van der Waals surface area contributed by atoms with E-state index in [1.807, 2.05) is 0 Å². The van der Waals surface area contributed by atoms with Gasteiger partial charge in [0, 0.05) is 0 Å². The predicted octanol–water partition coefficient (Wildman–Crippen LogP) is 1.74. The maximum absolute atomic E-state index is 10.8. The molecule has 0 atom stereocenters. The van der Waals surface area contributed by atoms with Gasteiger partial charge in [-0.2, -0.15) is 4.99 Å². The van der Waals surface area contributed by atoms with Crippen LogP contribution in [0.25, 0.3) is 0 Å². The quantitative estimate of drug-likeness (QED) is 0.324. The normalized spacial score (nSPS) is 9.11. The first-order chi connectivity index (χ1) is 9.15. The third-order valence-corrected chi connectivity index (χ3v) is 2.03. The van der Waals surface area contributed by atoms with Crippen molar-refractivity contribution >= 4 is 17.7 Å². The SMILES string of the molecule is C=C(COc1ccc(N=C=O)cc1)OCC(=O)OC. The number of carbonyl (C=O) groups excluding carboxylic acids is 2. The van der Waals surface area contributed by atoms with Crippen LogP contribution in [-0.4, -0.2) is 32.4 Å². The minimum Gasteiger partial charge on any atom is -0.486 e. The van der Waals surface area contributed by atoms with E-state index in [2.05, 4.69) is 16.3 Å². The lowest BCUT2D eigenvalue weighted by atomic mass is 10.3. The summed E-state index contributed by atoms with van der Waals surface area (Å²) in [7, 11) is 1.27. The molecule has 19 heavy (non-hydrogen) atoms. The zero-order valence-electron chi connectivity index (χ0n) is 10.4. The van der Waals surface area contributed by atoms with Gasteiger partial charge in [0.15, 0.2) is 6.61 Å². The van der Waals surface area contributed by atoms with Crippen LogP contribution in [0.1, 0.15) is 0 Å². The fourth-order valence-corrected chi connectivity index (χ4v) is 1.10. The van der Waals surface area contributed by atoms with E-state index >= 15 is 0 Å². The van der Waals surface area contributed by atoms with Crippen LogP contribution >= 0.6 is 0 Å². The van der Waals surface area contributed by atoms with Crippen LogP contribution < -0.4 is 4.74 Å². The monoisotopic (exact) mass is 263 g/mol. The molecule has 0 amide bonds. The van der Waals surface area contributed by atoms with Crippen molar-refractivity contribution in [2.24, 2.45) is 4.99 Å². The van der Waals surface area contributed by atoms with Crippen molar-refractivity contribution in [1.29, 1.82) is 0 Å². The number of ether oxygens (including phenoxy) is 3. The van der Waals surface area contributed by atoms with Crippen LogP contribution in [-0.2, 0) is 19.1 Å². The summed E-state index contributed by atoms with van der Waals surface area (Å²) >= 11 is 0. The van der Waals surface area contributed by atoms with E-state index in [9.17, 15) is 9.59 Å². The molecule has 0 unspecified atom stereocenters. The van der Waals surface area contributed by atoms with Crippen molar-refractivity contribution in [3.63, 3.8) is 0 Å². The molecule has 0 N–H and O–H groups in total.